The van der Waals surface area contributed by atoms with E-state index >= 15 is 0 Å². The number of pyridine rings is 1. The molecule has 0 amide bonds. The number of sulfonamides is 1. The highest BCUT2D eigenvalue weighted by molar-refractivity contribution is 7.92. The summed E-state index contributed by atoms with van der Waals surface area (Å²) in [7, 11) is -2.04. The van der Waals surface area contributed by atoms with Crippen molar-refractivity contribution in [1.29, 1.82) is 0 Å². The Morgan fingerprint density at radius 2 is 2.17 bits per heavy atom. The van der Waals surface area contributed by atoms with Crippen LogP contribution in [0.3, 0.4) is 0 Å². The molecule has 0 radical (unpaired) electrons. The van der Waals surface area contributed by atoms with Gasteiger partial charge in [-0.2, -0.15) is 5.10 Å². The molecular formula is C10H11ClN4O2S. The molecule has 2 heterocycles. The van der Waals surface area contributed by atoms with Crippen molar-refractivity contribution in [2.75, 3.05) is 4.72 Å². The second kappa shape index (κ2) is 4.58. The van der Waals surface area contributed by atoms with Crippen molar-refractivity contribution < 1.29 is 8.42 Å². The Morgan fingerprint density at radius 3 is 2.72 bits per heavy atom. The van der Waals surface area contributed by atoms with Crippen LogP contribution in [0.25, 0.3) is 0 Å². The Balaban J connectivity index is 2.36. The Kier molecular flexibility index (Phi) is 3.27. The van der Waals surface area contributed by atoms with Crippen LogP contribution in [0.4, 0.5) is 5.82 Å². The van der Waals surface area contributed by atoms with Crippen LogP contribution in [0.1, 0.15) is 5.69 Å². The number of hydrogen-bond donors (Lipinski definition) is 1. The Morgan fingerprint density at radius 1 is 1.44 bits per heavy atom. The van der Waals surface area contributed by atoms with Gasteiger partial charge < -0.3 is 0 Å². The highest BCUT2D eigenvalue weighted by Gasteiger charge is 2.19. The number of nitrogens with one attached hydrogen (secondary N) is 1. The second-order valence-corrected chi connectivity index (χ2v) is 5.76. The molecule has 0 saturated heterocycles. The minimum absolute atomic E-state index is 0.0741. The minimum atomic E-state index is -3.77. The van der Waals surface area contributed by atoms with Crippen LogP contribution in [-0.4, -0.2) is 23.2 Å². The normalized spacial score (nSPS) is 11.5. The highest BCUT2D eigenvalue weighted by atomic mass is 35.5. The molecule has 1 N–H and O–H groups in total. The van der Waals surface area contributed by atoms with Crippen molar-refractivity contribution in [1.82, 2.24) is 14.8 Å². The lowest BCUT2D eigenvalue weighted by Crippen LogP contribution is -2.14. The van der Waals surface area contributed by atoms with Crippen LogP contribution in [0, 0.1) is 6.92 Å². The van der Waals surface area contributed by atoms with E-state index in [-0.39, 0.29) is 15.7 Å². The molecule has 0 bridgehead atoms. The molecule has 18 heavy (non-hydrogen) atoms. The molecule has 0 saturated carbocycles. The van der Waals surface area contributed by atoms with Gasteiger partial charge in [0, 0.05) is 31.2 Å². The predicted octanol–water partition coefficient (Wildman–Crippen LogP) is 1.58. The summed E-state index contributed by atoms with van der Waals surface area (Å²) in [6.07, 6.45) is 2.62. The Hall–Kier alpha value is -1.60. The van der Waals surface area contributed by atoms with E-state index in [1.165, 1.54) is 18.5 Å². The summed E-state index contributed by atoms with van der Waals surface area (Å²) >= 11 is 5.83. The molecule has 0 aliphatic carbocycles. The third-order valence-corrected chi connectivity index (χ3v) is 4.20. The molecule has 8 heteroatoms. The van der Waals surface area contributed by atoms with Crippen molar-refractivity contribution >= 4 is 27.4 Å². The van der Waals surface area contributed by atoms with Crippen molar-refractivity contribution in [3.63, 3.8) is 0 Å². The van der Waals surface area contributed by atoms with E-state index in [0.717, 1.165) is 5.69 Å². The summed E-state index contributed by atoms with van der Waals surface area (Å²) in [5.74, 6) is 0.245. The molecule has 0 aromatic carbocycles. The van der Waals surface area contributed by atoms with Crippen LogP contribution in [0.2, 0.25) is 5.02 Å². The third-order valence-electron chi connectivity index (χ3n) is 2.38. The van der Waals surface area contributed by atoms with E-state index in [1.54, 1.807) is 17.8 Å². The van der Waals surface area contributed by atoms with Crippen molar-refractivity contribution in [3.8, 4) is 0 Å². The first-order chi connectivity index (χ1) is 8.40. The van der Waals surface area contributed by atoms with E-state index in [4.69, 9.17) is 11.6 Å². The molecule has 0 aliphatic heterocycles. The quantitative estimate of drug-likeness (QED) is 0.929. The molecule has 96 valence electrons. The van der Waals surface area contributed by atoms with Gasteiger partial charge in [0.05, 0.1) is 5.02 Å². The first-order valence-corrected chi connectivity index (χ1v) is 6.89. The van der Waals surface area contributed by atoms with Gasteiger partial charge in [-0.3, -0.25) is 14.4 Å². The van der Waals surface area contributed by atoms with Crippen LogP contribution in [-0.2, 0) is 17.1 Å². The van der Waals surface area contributed by atoms with E-state index in [1.807, 2.05) is 6.92 Å². The monoisotopic (exact) mass is 286 g/mol. The lowest BCUT2D eigenvalue weighted by atomic mass is 10.5. The molecule has 0 atom stereocenters. The topological polar surface area (TPSA) is 76.9 Å². The number of aryl methyl sites for hydroxylation is 2. The molecule has 0 spiro atoms. The Bertz CT molecular complexity index is 661. The largest absolute Gasteiger partial charge is 0.271 e. The SMILES string of the molecule is Cc1cc(NS(=O)(=O)c2cnccc2Cl)nn1C. The molecule has 2 rings (SSSR count). The maximum Gasteiger partial charge on any atom is 0.266 e. The van der Waals surface area contributed by atoms with Crippen molar-refractivity contribution in [2.45, 2.75) is 11.8 Å². The summed E-state index contributed by atoms with van der Waals surface area (Å²) < 4.78 is 28.0. The fraction of sp³-hybridized carbons (Fsp3) is 0.200. The molecule has 0 unspecified atom stereocenters. The van der Waals surface area contributed by atoms with Crippen molar-refractivity contribution in [2.24, 2.45) is 7.05 Å². The fourth-order valence-electron chi connectivity index (χ4n) is 1.36. The van der Waals surface area contributed by atoms with Gasteiger partial charge in [0.25, 0.3) is 10.0 Å². The second-order valence-electron chi connectivity index (χ2n) is 3.71. The Labute approximate surface area is 110 Å². The summed E-state index contributed by atoms with van der Waals surface area (Å²) in [5, 5.41) is 4.13. The zero-order valence-corrected chi connectivity index (χ0v) is 11.3. The lowest BCUT2D eigenvalue weighted by molar-refractivity contribution is 0.600. The fourth-order valence-corrected chi connectivity index (χ4v) is 2.78. The van der Waals surface area contributed by atoms with Crippen molar-refractivity contribution in [3.05, 3.63) is 35.2 Å². The zero-order valence-electron chi connectivity index (χ0n) is 9.75. The van der Waals surface area contributed by atoms with Gasteiger partial charge in [0.2, 0.25) is 0 Å². The van der Waals surface area contributed by atoms with Gasteiger partial charge >= 0.3 is 0 Å². The summed E-state index contributed by atoms with van der Waals surface area (Å²) in [4.78, 5) is 3.67. The predicted molar refractivity (Wildman–Crippen MR) is 68.0 cm³/mol. The first-order valence-electron chi connectivity index (χ1n) is 5.03. The van der Waals surface area contributed by atoms with Crippen LogP contribution >= 0.6 is 11.6 Å². The highest BCUT2D eigenvalue weighted by Crippen LogP contribution is 2.21. The number of aromatic nitrogens is 3. The standard InChI is InChI=1S/C10H11ClN4O2S/c1-7-5-10(13-15(7)2)14-18(16,17)9-6-12-4-3-8(9)11/h3-6H,1-2H3,(H,13,14). The molecule has 0 fully saturated rings. The molecule has 0 aliphatic rings. The molecule has 2 aromatic rings. The number of hydrogen-bond acceptors (Lipinski definition) is 4. The van der Waals surface area contributed by atoms with Crippen LogP contribution in [0.15, 0.2) is 29.4 Å². The number of rotatable bonds is 3. The van der Waals surface area contributed by atoms with E-state index in [2.05, 4.69) is 14.8 Å². The van der Waals surface area contributed by atoms with Gasteiger partial charge in [0.15, 0.2) is 5.82 Å². The van der Waals surface area contributed by atoms with Gasteiger partial charge in [-0.05, 0) is 13.0 Å². The van der Waals surface area contributed by atoms with Gasteiger partial charge in [-0.25, -0.2) is 8.42 Å². The summed E-state index contributed by atoms with van der Waals surface area (Å²) in [6, 6.07) is 3.04. The first kappa shape index (κ1) is 12.8. The van der Waals surface area contributed by atoms with Crippen LogP contribution < -0.4 is 4.72 Å². The molecular weight excluding hydrogens is 276 g/mol. The number of halogens is 1. The average Bonchev–Trinajstić information content (AvgIpc) is 2.57. The van der Waals surface area contributed by atoms with E-state index < -0.39 is 10.0 Å². The minimum Gasteiger partial charge on any atom is -0.271 e. The average molecular weight is 287 g/mol. The zero-order chi connectivity index (χ0) is 13.3. The van der Waals surface area contributed by atoms with E-state index in [0.29, 0.717) is 0 Å². The van der Waals surface area contributed by atoms with Crippen LogP contribution in [0.5, 0.6) is 0 Å². The lowest BCUT2D eigenvalue weighted by Gasteiger charge is -2.05. The number of nitrogens with zero attached hydrogens (tertiary/aromatic N) is 3. The molecule has 2 aromatic heterocycles. The van der Waals surface area contributed by atoms with Gasteiger partial charge in [0.1, 0.15) is 4.90 Å². The smallest absolute Gasteiger partial charge is 0.266 e. The summed E-state index contributed by atoms with van der Waals surface area (Å²) in [6.45, 7) is 1.82. The number of anilines is 1. The third kappa shape index (κ3) is 2.46. The maximum absolute atomic E-state index is 12.1. The van der Waals surface area contributed by atoms with Gasteiger partial charge in [-0.15, -0.1) is 0 Å². The summed E-state index contributed by atoms with van der Waals surface area (Å²) in [5.41, 5.74) is 0.838. The van der Waals surface area contributed by atoms with Gasteiger partial charge in [-0.1, -0.05) is 11.6 Å². The molecule has 6 nitrogen and oxygen atoms in total. The van der Waals surface area contributed by atoms with E-state index in [9.17, 15) is 8.42 Å². The maximum atomic E-state index is 12.1.